The molecule has 0 aliphatic rings. The van der Waals surface area contributed by atoms with E-state index in [-0.39, 0.29) is 12.0 Å². The Hall–Kier alpha value is -2.89. The van der Waals surface area contributed by atoms with E-state index in [2.05, 4.69) is 36.6 Å². The summed E-state index contributed by atoms with van der Waals surface area (Å²) in [7, 11) is 0. The average Bonchev–Trinajstić information content (AvgIpc) is 3.10. The summed E-state index contributed by atoms with van der Waals surface area (Å²) in [5, 5.41) is 6.44. The molecule has 132 valence electrons. The first kappa shape index (κ1) is 18.4. The van der Waals surface area contributed by atoms with Crippen molar-refractivity contribution < 1.29 is 14.0 Å². The number of benzene rings is 1. The van der Waals surface area contributed by atoms with E-state index in [1.54, 1.807) is 19.1 Å². The summed E-state index contributed by atoms with van der Waals surface area (Å²) < 4.78 is 5.08. The van der Waals surface area contributed by atoms with E-state index in [4.69, 9.17) is 4.42 Å². The van der Waals surface area contributed by atoms with Crippen LogP contribution in [0.5, 0.6) is 0 Å². The third-order valence-corrected chi connectivity index (χ3v) is 3.70. The first-order valence-corrected chi connectivity index (χ1v) is 8.03. The quantitative estimate of drug-likeness (QED) is 0.509. The van der Waals surface area contributed by atoms with Crippen LogP contribution in [0.25, 0.3) is 0 Å². The molecule has 0 fully saturated rings. The monoisotopic (exact) mass is 341 g/mol. The van der Waals surface area contributed by atoms with Crippen LogP contribution in [0.15, 0.2) is 52.2 Å². The maximum Gasteiger partial charge on any atom is 0.329 e. The minimum Gasteiger partial charge on any atom is -0.467 e. The fourth-order valence-electron chi connectivity index (χ4n) is 2.12. The number of rotatable bonds is 4. The molecule has 1 aromatic carbocycles. The lowest BCUT2D eigenvalue weighted by molar-refractivity contribution is -0.139. The molecule has 0 atom stereocenters. The second-order valence-corrected chi connectivity index (χ2v) is 6.73. The Kier molecular flexibility index (Phi) is 5.75. The van der Waals surface area contributed by atoms with Crippen molar-refractivity contribution in [3.63, 3.8) is 0 Å². The van der Waals surface area contributed by atoms with Crippen LogP contribution in [0.3, 0.4) is 0 Å². The fourth-order valence-corrected chi connectivity index (χ4v) is 2.12. The predicted molar refractivity (Wildman–Crippen MR) is 96.1 cm³/mol. The second-order valence-electron chi connectivity index (χ2n) is 6.73. The van der Waals surface area contributed by atoms with Crippen molar-refractivity contribution in [2.45, 2.75) is 39.7 Å². The van der Waals surface area contributed by atoms with Gasteiger partial charge in [0.15, 0.2) is 0 Å². The Morgan fingerprint density at radius 1 is 1.08 bits per heavy atom. The van der Waals surface area contributed by atoms with Gasteiger partial charge in [-0.15, -0.1) is 0 Å². The smallest absolute Gasteiger partial charge is 0.329 e. The summed E-state index contributed by atoms with van der Waals surface area (Å²) in [4.78, 5) is 23.5. The number of hydrazone groups is 1. The molecular weight excluding hydrogens is 318 g/mol. The molecule has 0 spiro atoms. The van der Waals surface area contributed by atoms with Gasteiger partial charge in [0.1, 0.15) is 5.76 Å². The standard InChI is InChI=1S/C19H23N3O3/c1-13(14-7-9-15(10-8-14)19(2,3)4)21-22-18(24)17(23)20-12-16-6-5-11-25-16/h5-11H,12H2,1-4H3,(H,20,23)(H,22,24)/b21-13-. The maximum atomic E-state index is 11.8. The van der Waals surface area contributed by atoms with E-state index < -0.39 is 11.8 Å². The molecule has 1 heterocycles. The molecule has 2 amide bonds. The Balaban J connectivity index is 1.91. The Bertz CT molecular complexity index is 754. The average molecular weight is 341 g/mol. The third kappa shape index (κ3) is 5.31. The summed E-state index contributed by atoms with van der Waals surface area (Å²) in [6.45, 7) is 8.35. The molecule has 0 bridgehead atoms. The van der Waals surface area contributed by atoms with E-state index in [1.165, 1.54) is 11.8 Å². The molecule has 0 saturated heterocycles. The van der Waals surface area contributed by atoms with Crippen LogP contribution in [0.4, 0.5) is 0 Å². The van der Waals surface area contributed by atoms with Gasteiger partial charge in [-0.25, -0.2) is 5.43 Å². The van der Waals surface area contributed by atoms with Gasteiger partial charge in [0, 0.05) is 0 Å². The highest BCUT2D eigenvalue weighted by Crippen LogP contribution is 2.22. The van der Waals surface area contributed by atoms with Crippen LogP contribution in [0.2, 0.25) is 0 Å². The lowest BCUT2D eigenvalue weighted by Crippen LogP contribution is -2.37. The number of furan rings is 1. The van der Waals surface area contributed by atoms with Crippen molar-refractivity contribution in [1.82, 2.24) is 10.7 Å². The molecule has 6 nitrogen and oxygen atoms in total. The number of nitrogens with zero attached hydrogens (tertiary/aromatic N) is 1. The van der Waals surface area contributed by atoms with Crippen LogP contribution in [0.1, 0.15) is 44.6 Å². The first-order valence-electron chi connectivity index (χ1n) is 8.03. The van der Waals surface area contributed by atoms with E-state index in [0.29, 0.717) is 11.5 Å². The first-order chi connectivity index (χ1) is 11.8. The maximum absolute atomic E-state index is 11.8. The predicted octanol–water partition coefficient (Wildman–Crippen LogP) is 2.73. The largest absolute Gasteiger partial charge is 0.467 e. The molecule has 1 aromatic heterocycles. The van der Waals surface area contributed by atoms with Crippen molar-refractivity contribution in [3.8, 4) is 0 Å². The number of nitrogens with one attached hydrogen (secondary N) is 2. The molecule has 0 unspecified atom stereocenters. The summed E-state index contributed by atoms with van der Waals surface area (Å²) in [6, 6.07) is 11.4. The van der Waals surface area contributed by atoms with Gasteiger partial charge in [-0.1, -0.05) is 45.0 Å². The van der Waals surface area contributed by atoms with Gasteiger partial charge in [-0.2, -0.15) is 5.10 Å². The van der Waals surface area contributed by atoms with Gasteiger partial charge in [-0.3, -0.25) is 9.59 Å². The Morgan fingerprint density at radius 3 is 2.32 bits per heavy atom. The molecule has 0 aliphatic carbocycles. The normalized spacial score (nSPS) is 11.9. The lowest BCUT2D eigenvalue weighted by atomic mass is 9.86. The van der Waals surface area contributed by atoms with Gasteiger partial charge >= 0.3 is 11.8 Å². The van der Waals surface area contributed by atoms with Crippen molar-refractivity contribution in [2.75, 3.05) is 0 Å². The zero-order valence-electron chi connectivity index (χ0n) is 14.9. The SMILES string of the molecule is C/C(=N/NC(=O)C(=O)NCc1ccco1)c1ccc(C(C)(C)C)cc1. The topological polar surface area (TPSA) is 83.7 Å². The third-order valence-electron chi connectivity index (χ3n) is 3.70. The number of hydrogen-bond acceptors (Lipinski definition) is 4. The highest BCUT2D eigenvalue weighted by atomic mass is 16.3. The summed E-state index contributed by atoms with van der Waals surface area (Å²) in [5.41, 5.74) is 5.05. The van der Waals surface area contributed by atoms with Crippen LogP contribution in [0, 0.1) is 0 Å². The van der Waals surface area contributed by atoms with Crippen LogP contribution in [-0.4, -0.2) is 17.5 Å². The molecule has 2 rings (SSSR count). The van der Waals surface area contributed by atoms with Crippen molar-refractivity contribution in [3.05, 3.63) is 59.5 Å². The number of carbonyl (C=O) groups excluding carboxylic acids is 2. The minimum atomic E-state index is -0.822. The molecule has 2 N–H and O–H groups in total. The molecule has 2 aromatic rings. The van der Waals surface area contributed by atoms with Gasteiger partial charge in [0.2, 0.25) is 0 Å². The zero-order chi connectivity index (χ0) is 18.4. The highest BCUT2D eigenvalue weighted by molar-refractivity contribution is 6.35. The van der Waals surface area contributed by atoms with Gasteiger partial charge in [-0.05, 0) is 35.6 Å². The summed E-state index contributed by atoms with van der Waals surface area (Å²) in [5.74, 6) is -1.02. The molecule has 25 heavy (non-hydrogen) atoms. The Morgan fingerprint density at radius 2 is 1.76 bits per heavy atom. The van der Waals surface area contributed by atoms with E-state index >= 15 is 0 Å². The zero-order valence-corrected chi connectivity index (χ0v) is 14.9. The van der Waals surface area contributed by atoms with Crippen LogP contribution < -0.4 is 10.7 Å². The Labute approximate surface area is 147 Å². The van der Waals surface area contributed by atoms with Gasteiger partial charge in [0.25, 0.3) is 0 Å². The summed E-state index contributed by atoms with van der Waals surface area (Å²) >= 11 is 0. The molecule has 6 heteroatoms. The molecular formula is C19H23N3O3. The number of amides is 2. The van der Waals surface area contributed by atoms with Crippen molar-refractivity contribution >= 4 is 17.5 Å². The lowest BCUT2D eigenvalue weighted by Gasteiger charge is -2.19. The summed E-state index contributed by atoms with van der Waals surface area (Å²) in [6.07, 6.45) is 1.50. The van der Waals surface area contributed by atoms with Crippen molar-refractivity contribution in [2.24, 2.45) is 5.10 Å². The van der Waals surface area contributed by atoms with E-state index in [1.807, 2.05) is 24.3 Å². The second kappa shape index (κ2) is 7.79. The van der Waals surface area contributed by atoms with Gasteiger partial charge in [0.05, 0.1) is 18.5 Å². The van der Waals surface area contributed by atoms with Crippen LogP contribution in [-0.2, 0) is 21.5 Å². The van der Waals surface area contributed by atoms with E-state index in [9.17, 15) is 9.59 Å². The fraction of sp³-hybridized carbons (Fsp3) is 0.316. The minimum absolute atomic E-state index is 0.0733. The van der Waals surface area contributed by atoms with Crippen molar-refractivity contribution in [1.29, 1.82) is 0 Å². The number of hydrogen-bond donors (Lipinski definition) is 2. The molecule has 0 aliphatic heterocycles. The number of carbonyl (C=O) groups is 2. The molecule has 0 radical (unpaired) electrons. The highest BCUT2D eigenvalue weighted by Gasteiger charge is 2.14. The molecule has 0 saturated carbocycles. The van der Waals surface area contributed by atoms with Gasteiger partial charge < -0.3 is 9.73 Å². The van der Waals surface area contributed by atoms with Crippen LogP contribution >= 0.6 is 0 Å². The van der Waals surface area contributed by atoms with E-state index in [0.717, 1.165) is 5.56 Å².